The zero-order valence-electron chi connectivity index (χ0n) is 44.8. The number of carbonyl (C=O) groups excluding carboxylic acids is 2. The van der Waals surface area contributed by atoms with Crippen molar-refractivity contribution >= 4 is 18.0 Å². The number of nitrogens with one attached hydrogen (secondary N) is 1. The van der Waals surface area contributed by atoms with Crippen LogP contribution in [0.15, 0.2) is 66.3 Å². The fourth-order valence-corrected chi connectivity index (χ4v) is 18.4. The number of ether oxygens (including phenoxy) is 4. The van der Waals surface area contributed by atoms with Crippen molar-refractivity contribution in [2.45, 2.75) is 165 Å². The van der Waals surface area contributed by atoms with E-state index in [2.05, 4.69) is 31.3 Å². The van der Waals surface area contributed by atoms with Gasteiger partial charge >= 0.3 is 11.9 Å². The van der Waals surface area contributed by atoms with Crippen LogP contribution in [0.1, 0.15) is 126 Å². The summed E-state index contributed by atoms with van der Waals surface area (Å²) in [7, 11) is 1.42. The first-order valence-corrected chi connectivity index (χ1v) is 28.9. The third kappa shape index (κ3) is 9.00. The molecule has 8 N–H and O–H groups in total. The summed E-state index contributed by atoms with van der Waals surface area (Å²) in [5.74, 6) is -0.954. The molecule has 2 aliphatic heterocycles. The molecule has 0 radical (unpaired) electrons. The lowest BCUT2D eigenvalue weighted by Crippen LogP contribution is -2.72. The molecule has 6 saturated carbocycles. The van der Waals surface area contributed by atoms with E-state index >= 15 is 4.79 Å². The third-order valence-electron chi connectivity index (χ3n) is 21.5. The molecule has 7 fully saturated rings. The fourth-order valence-electron chi connectivity index (χ4n) is 18.4. The number of phenolic OH excluding ortho intramolecular Hbond substituents is 1. The Bertz CT molecular complexity index is 2580. The monoisotopic (exact) mass is 1050 g/mol. The summed E-state index contributed by atoms with van der Waals surface area (Å²) in [6.07, 6.45) is 13.8. The molecule has 13 rings (SSSR count). The Morgan fingerprint density at radius 1 is 0.961 bits per heavy atom. The number of hydrogen-bond acceptors (Lipinski definition) is 14. The minimum absolute atomic E-state index is 0.0166. The standard InChI is InChI=1S/C62H83NO13/c1-33-6-5-7-39-30-60-22-18-42-35(3)46(60)13-14-48-54(69)43(53(33)39)19-23-61(48,60)47(42)15-17-52(68)74-57-55(70)56-49(63-31-34(2)66)20-24-62(72,76-56)58(57)75-59(71)41(26-37-9-16-50(67)51(28-37)73-4)29-45-40(32-65)12-11-38-10-8-36(21-25-64)27-44(38)45/h8-10,16,18,20,22,24,26-28,33-35,39-40,42-43,45-49,53-58,63-67,69-70,72H,5-7,11-15,17,19,21,23,25,29-32H2,1-4H3/b41-26+/t33-,34+,35-,39+,40+,42-,43+,45-,46-,47+,48-,49-,53+,54+,55+,56+,57-,58-,60-,61-,62-/m1/s1. The highest BCUT2D eigenvalue weighted by molar-refractivity contribution is 5.94. The number of aliphatic hydroxyl groups excluding tert-OH is 5. The van der Waals surface area contributed by atoms with E-state index in [0.717, 1.165) is 55.2 Å². The number of fused-ring (bicyclic) bond motifs is 4. The number of esters is 2. The van der Waals surface area contributed by atoms with Crippen molar-refractivity contribution in [1.82, 2.24) is 5.32 Å². The Labute approximate surface area is 448 Å². The highest BCUT2D eigenvalue weighted by Gasteiger charge is 2.74. The van der Waals surface area contributed by atoms with Crippen LogP contribution in [0.4, 0.5) is 0 Å². The Morgan fingerprint density at radius 2 is 1.78 bits per heavy atom. The summed E-state index contributed by atoms with van der Waals surface area (Å²) in [6, 6.07) is 9.99. The minimum atomic E-state index is -2.36. The molecule has 414 valence electrons. The number of aryl methyl sites for hydroxylation is 1. The van der Waals surface area contributed by atoms with Crippen molar-refractivity contribution in [2.75, 3.05) is 26.9 Å². The summed E-state index contributed by atoms with van der Waals surface area (Å²) in [6.45, 7) is 6.40. The maximum absolute atomic E-state index is 15.2. The molecule has 0 amide bonds. The summed E-state index contributed by atoms with van der Waals surface area (Å²) in [5, 5.41) is 82.2. The van der Waals surface area contributed by atoms with Gasteiger partial charge in [-0.15, -0.1) is 0 Å². The van der Waals surface area contributed by atoms with Crippen LogP contribution in [-0.2, 0) is 36.6 Å². The van der Waals surface area contributed by atoms with Crippen molar-refractivity contribution < 1.29 is 64.3 Å². The van der Waals surface area contributed by atoms with Crippen molar-refractivity contribution in [3.8, 4) is 11.5 Å². The normalized spacial score (nSPS) is 42.0. The number of aliphatic hydroxyl groups is 6. The molecule has 14 heteroatoms. The summed E-state index contributed by atoms with van der Waals surface area (Å²) >= 11 is 0. The summed E-state index contributed by atoms with van der Waals surface area (Å²) < 4.78 is 24.5. The zero-order valence-corrected chi connectivity index (χ0v) is 44.8. The molecular formula is C62H83NO13. The highest BCUT2D eigenvalue weighted by atomic mass is 16.7. The largest absolute Gasteiger partial charge is 0.504 e. The molecule has 14 nitrogen and oxygen atoms in total. The van der Waals surface area contributed by atoms with Crippen LogP contribution >= 0.6 is 0 Å². The molecule has 2 spiro atoms. The molecule has 1 saturated heterocycles. The first-order chi connectivity index (χ1) is 36.5. The van der Waals surface area contributed by atoms with Gasteiger partial charge in [-0.3, -0.25) is 4.79 Å². The first-order valence-electron chi connectivity index (χ1n) is 28.9. The molecule has 2 aromatic rings. The second-order valence-corrected chi connectivity index (χ2v) is 25.1. The van der Waals surface area contributed by atoms with Gasteiger partial charge in [-0.2, -0.15) is 0 Å². The van der Waals surface area contributed by atoms with Crippen molar-refractivity contribution in [3.05, 3.63) is 88.5 Å². The molecule has 0 unspecified atom stereocenters. The number of hydrogen-bond donors (Lipinski definition) is 8. The average Bonchev–Trinajstić information content (AvgIpc) is 3.55. The van der Waals surface area contributed by atoms with Gasteiger partial charge in [0.1, 0.15) is 12.2 Å². The SMILES string of the molecule is COc1cc(/C=C(\C[C@H]2c3cc(CCO)ccc3CC[C@H]2CO)C(=O)O[C@@H]2[C@H](OC(=O)CC[C@H]3[C@@H]4C=C[C@]56C[C@@H]7CCC[C@@H](C)[C@@H]7[C@@H]7CC[C@]35[C@H](CC[C@@H]6[C@@H]4C)[C@H]7O)[C@@H](O)[C@H]3O[C@]2(O)C=C[C@H]3NC[C@H](C)O)ccc1O. The van der Waals surface area contributed by atoms with E-state index in [1.807, 2.05) is 18.2 Å². The molecular weight excluding hydrogens is 967 g/mol. The van der Waals surface area contributed by atoms with E-state index in [4.69, 9.17) is 18.9 Å². The Balaban J connectivity index is 0.912. The lowest BCUT2D eigenvalue weighted by molar-refractivity contribution is -0.333. The van der Waals surface area contributed by atoms with E-state index in [1.165, 1.54) is 38.5 Å². The van der Waals surface area contributed by atoms with Gasteiger partial charge in [-0.05, 0) is 194 Å². The van der Waals surface area contributed by atoms with E-state index in [0.29, 0.717) is 60.3 Å². The lowest BCUT2D eigenvalue weighted by Gasteiger charge is -2.77. The van der Waals surface area contributed by atoms with Crippen molar-refractivity contribution in [2.24, 2.45) is 70.0 Å². The Morgan fingerprint density at radius 3 is 2.55 bits per heavy atom. The Hall–Kier alpha value is -4.12. The van der Waals surface area contributed by atoms with Gasteiger partial charge in [0, 0.05) is 31.8 Å². The van der Waals surface area contributed by atoms with Crippen LogP contribution in [-0.4, -0.2) is 123 Å². The highest BCUT2D eigenvalue weighted by Crippen LogP contribution is 2.79. The van der Waals surface area contributed by atoms with Gasteiger partial charge in [-0.1, -0.05) is 75.6 Å². The minimum Gasteiger partial charge on any atom is -0.504 e. The van der Waals surface area contributed by atoms with E-state index in [1.54, 1.807) is 31.2 Å². The quantitative estimate of drug-likeness (QED) is 0.0499. The van der Waals surface area contributed by atoms with Gasteiger partial charge in [0.15, 0.2) is 23.7 Å². The number of phenols is 1. The van der Waals surface area contributed by atoms with Gasteiger partial charge in [0.05, 0.1) is 25.4 Å². The van der Waals surface area contributed by atoms with Crippen LogP contribution in [0.25, 0.3) is 6.08 Å². The number of carbonyl (C=O) groups is 2. The van der Waals surface area contributed by atoms with Gasteiger partial charge in [0.2, 0.25) is 5.79 Å². The van der Waals surface area contributed by atoms with Crippen LogP contribution in [0.3, 0.4) is 0 Å². The van der Waals surface area contributed by atoms with E-state index in [9.17, 15) is 40.5 Å². The maximum Gasteiger partial charge on any atom is 0.334 e. The topological polar surface area (TPSA) is 225 Å². The smallest absolute Gasteiger partial charge is 0.334 e. The van der Waals surface area contributed by atoms with E-state index in [-0.39, 0.29) is 96.2 Å². The van der Waals surface area contributed by atoms with Gasteiger partial charge < -0.3 is 60.0 Å². The number of methoxy groups -OCH3 is 1. The van der Waals surface area contributed by atoms with Crippen LogP contribution in [0, 0.1) is 70.0 Å². The summed E-state index contributed by atoms with van der Waals surface area (Å²) in [5.41, 5.74) is 3.34. The molecule has 9 aliphatic carbocycles. The average molecular weight is 1050 g/mol. The van der Waals surface area contributed by atoms with Crippen LogP contribution in [0.2, 0.25) is 0 Å². The lowest BCUT2D eigenvalue weighted by atomic mass is 9.28. The number of aromatic hydroxyl groups is 1. The molecule has 21 atom stereocenters. The predicted molar refractivity (Wildman–Crippen MR) is 283 cm³/mol. The first kappa shape index (κ1) is 53.9. The molecule has 0 aromatic heterocycles. The Kier molecular flexibility index (Phi) is 15.0. The number of rotatable bonds is 16. The molecule has 11 aliphatic rings. The van der Waals surface area contributed by atoms with Crippen LogP contribution < -0.4 is 10.1 Å². The third-order valence-corrected chi connectivity index (χ3v) is 21.5. The molecule has 8 bridgehead atoms. The van der Waals surface area contributed by atoms with Crippen LogP contribution in [0.5, 0.6) is 11.5 Å². The second-order valence-electron chi connectivity index (χ2n) is 25.1. The second kappa shape index (κ2) is 21.2. The van der Waals surface area contributed by atoms with Crippen molar-refractivity contribution in [1.29, 1.82) is 0 Å². The maximum atomic E-state index is 15.2. The number of allylic oxidation sites excluding steroid dienone is 2. The number of benzene rings is 2. The van der Waals surface area contributed by atoms with Gasteiger partial charge in [-0.25, -0.2) is 4.79 Å². The zero-order chi connectivity index (χ0) is 53.4. The van der Waals surface area contributed by atoms with E-state index < -0.39 is 54.3 Å². The predicted octanol–water partition coefficient (Wildman–Crippen LogP) is 6.69. The molecule has 76 heavy (non-hydrogen) atoms. The molecule has 2 heterocycles. The van der Waals surface area contributed by atoms with Gasteiger partial charge in [0.25, 0.3) is 0 Å². The molecule has 2 aromatic carbocycles. The van der Waals surface area contributed by atoms with Crippen molar-refractivity contribution in [3.63, 3.8) is 0 Å². The fraction of sp³-hybridized carbons (Fsp3) is 0.677. The summed E-state index contributed by atoms with van der Waals surface area (Å²) in [4.78, 5) is 30.1.